The lowest BCUT2D eigenvalue weighted by atomic mass is 9.83. The topological polar surface area (TPSA) is 124 Å². The fraction of sp³-hybridized carbons (Fsp3) is 0.367. The molecule has 0 unspecified atom stereocenters. The van der Waals surface area contributed by atoms with Gasteiger partial charge in [-0.05, 0) is 74.5 Å². The first-order valence-corrected chi connectivity index (χ1v) is 12.9. The molecule has 1 amide bonds. The van der Waals surface area contributed by atoms with Crippen molar-refractivity contribution in [3.63, 3.8) is 0 Å². The van der Waals surface area contributed by atoms with Gasteiger partial charge in [0.05, 0.1) is 35.0 Å². The van der Waals surface area contributed by atoms with Crippen LogP contribution in [0.3, 0.4) is 0 Å². The van der Waals surface area contributed by atoms with Crippen molar-refractivity contribution in [2.45, 2.75) is 25.1 Å². The van der Waals surface area contributed by atoms with Crippen LogP contribution in [0.4, 0.5) is 13.2 Å². The van der Waals surface area contributed by atoms with Crippen molar-refractivity contribution in [3.05, 3.63) is 58.7 Å². The van der Waals surface area contributed by atoms with Crippen LogP contribution < -0.4 is 24.3 Å². The number of benzene rings is 2. The van der Waals surface area contributed by atoms with E-state index >= 15 is 0 Å². The number of nitrogens with one attached hydrogen (secondary N) is 1. The van der Waals surface area contributed by atoms with Gasteiger partial charge in [-0.2, -0.15) is 13.2 Å². The molecule has 10 nitrogen and oxygen atoms in total. The number of Topliss-reactive ketones (excluding diaryl/α,β-unsaturated/α-hetero) is 1. The SMILES string of the molecule is COc1ccc(/C=C2\CC(NC(=O)CN(C)C)C/C(=C\c3ccc(OC)c(OC)c3)C2=O)cc1OC.O=C(O)C(F)(F)F. The third kappa shape index (κ3) is 10.4. The van der Waals surface area contributed by atoms with Gasteiger partial charge >= 0.3 is 12.1 Å². The maximum atomic E-state index is 13.5. The molecular weight excluding hydrogens is 573 g/mol. The Balaban J connectivity index is 0.000000821. The highest BCUT2D eigenvalue weighted by Crippen LogP contribution is 2.33. The predicted octanol–water partition coefficient (Wildman–Crippen LogP) is 4.23. The van der Waals surface area contributed by atoms with Crippen LogP contribution in [0.5, 0.6) is 23.0 Å². The average Bonchev–Trinajstić information content (AvgIpc) is 2.94. The minimum atomic E-state index is -5.08. The molecule has 1 fully saturated rings. The Kier molecular flexibility index (Phi) is 12.6. The van der Waals surface area contributed by atoms with Crippen molar-refractivity contribution in [3.8, 4) is 23.0 Å². The number of hydrogen-bond acceptors (Lipinski definition) is 8. The molecule has 2 aromatic rings. The number of carbonyl (C=O) groups excluding carboxylic acids is 2. The lowest BCUT2D eigenvalue weighted by molar-refractivity contribution is -0.192. The maximum absolute atomic E-state index is 13.5. The van der Waals surface area contributed by atoms with E-state index in [9.17, 15) is 22.8 Å². The van der Waals surface area contributed by atoms with Gasteiger partial charge < -0.3 is 34.3 Å². The first-order chi connectivity index (χ1) is 20.2. The number of methoxy groups -OCH3 is 4. The van der Waals surface area contributed by atoms with Crippen LogP contribution in [-0.2, 0) is 14.4 Å². The number of nitrogens with zero attached hydrogens (tertiary/aromatic N) is 1. The molecule has 0 radical (unpaired) electrons. The quantitative estimate of drug-likeness (QED) is 0.403. The maximum Gasteiger partial charge on any atom is 0.490 e. The number of carboxylic acids is 1. The van der Waals surface area contributed by atoms with Gasteiger partial charge in [-0.3, -0.25) is 9.59 Å². The van der Waals surface area contributed by atoms with E-state index in [4.69, 9.17) is 28.8 Å². The zero-order valence-corrected chi connectivity index (χ0v) is 24.7. The third-order valence-electron chi connectivity index (χ3n) is 6.08. The van der Waals surface area contributed by atoms with Crippen molar-refractivity contribution in [1.29, 1.82) is 0 Å². The smallest absolute Gasteiger partial charge is 0.490 e. The molecule has 1 aliphatic rings. The van der Waals surface area contributed by atoms with E-state index in [0.29, 0.717) is 47.0 Å². The number of alkyl halides is 3. The molecule has 13 heteroatoms. The molecular formula is C30H35F3N2O8. The Morgan fingerprint density at radius 3 is 1.58 bits per heavy atom. The van der Waals surface area contributed by atoms with Crippen LogP contribution in [0.2, 0.25) is 0 Å². The number of carbonyl (C=O) groups is 3. The summed E-state index contributed by atoms with van der Waals surface area (Å²) in [6.45, 7) is 0.272. The fourth-order valence-electron chi connectivity index (χ4n) is 4.19. The van der Waals surface area contributed by atoms with Crippen molar-refractivity contribution in [2.24, 2.45) is 0 Å². The van der Waals surface area contributed by atoms with E-state index in [-0.39, 0.29) is 24.3 Å². The Morgan fingerprint density at radius 2 is 1.26 bits per heavy atom. The molecule has 0 saturated heterocycles. The minimum Gasteiger partial charge on any atom is -0.493 e. The Bertz CT molecular complexity index is 1290. The van der Waals surface area contributed by atoms with Crippen molar-refractivity contribution in [2.75, 3.05) is 49.1 Å². The molecule has 0 atom stereocenters. The standard InChI is InChI=1S/C28H34N2O6.C2HF3O2/c1-30(2)17-27(31)29-22-15-20(11-18-7-9-23(33-3)25(13-18)35-5)28(32)21(16-22)12-19-8-10-24(34-4)26(14-19)36-6;3-2(4,5)1(6)7/h7-14,22H,15-17H2,1-6H3,(H,29,31);(H,6,7)/b20-11+,21-12+;. The van der Waals surface area contributed by atoms with Crippen LogP contribution in [0.15, 0.2) is 47.5 Å². The summed E-state index contributed by atoms with van der Waals surface area (Å²) in [4.78, 5) is 36.7. The van der Waals surface area contributed by atoms with Crippen molar-refractivity contribution in [1.82, 2.24) is 10.2 Å². The Labute approximate surface area is 247 Å². The summed E-state index contributed by atoms with van der Waals surface area (Å²) in [5.41, 5.74) is 2.83. The van der Waals surface area contributed by atoms with E-state index < -0.39 is 12.1 Å². The normalized spacial score (nSPS) is 16.8. The minimum absolute atomic E-state index is 0.0577. The fourth-order valence-corrected chi connectivity index (χ4v) is 4.19. The van der Waals surface area contributed by atoms with Gasteiger partial charge in [-0.1, -0.05) is 12.1 Å². The largest absolute Gasteiger partial charge is 0.493 e. The summed E-state index contributed by atoms with van der Waals surface area (Å²) in [5, 5.41) is 10.2. The van der Waals surface area contributed by atoms with Crippen LogP contribution in [0, 0.1) is 0 Å². The average molecular weight is 609 g/mol. The second-order valence-corrected chi connectivity index (χ2v) is 9.61. The van der Waals surface area contributed by atoms with Crippen LogP contribution >= 0.6 is 0 Å². The number of amides is 1. The van der Waals surface area contributed by atoms with Crippen LogP contribution in [-0.4, -0.2) is 89.0 Å². The summed E-state index contributed by atoms with van der Waals surface area (Å²) in [7, 11) is 9.98. The van der Waals surface area contributed by atoms with Crippen LogP contribution in [0.25, 0.3) is 12.2 Å². The summed E-state index contributed by atoms with van der Waals surface area (Å²) in [6.07, 6.45) is -0.542. The molecule has 0 aromatic heterocycles. The number of aliphatic carboxylic acids is 1. The number of rotatable bonds is 9. The predicted molar refractivity (Wildman–Crippen MR) is 153 cm³/mol. The zero-order chi connectivity index (χ0) is 32.3. The molecule has 0 bridgehead atoms. The molecule has 2 aromatic carbocycles. The molecule has 2 N–H and O–H groups in total. The number of hydrogen-bond donors (Lipinski definition) is 2. The van der Waals surface area contributed by atoms with E-state index in [1.807, 2.05) is 55.4 Å². The summed E-state index contributed by atoms with van der Waals surface area (Å²) >= 11 is 0. The first kappa shape index (κ1) is 34.7. The van der Waals surface area contributed by atoms with E-state index in [2.05, 4.69) is 5.32 Å². The van der Waals surface area contributed by atoms with Gasteiger partial charge in [-0.15, -0.1) is 0 Å². The number of likely N-dealkylation sites (N-methyl/N-ethyl adjacent to an activating group) is 1. The monoisotopic (exact) mass is 608 g/mol. The number of carboxylic acid groups (broad SMARTS) is 1. The van der Waals surface area contributed by atoms with Crippen molar-refractivity contribution < 1.29 is 51.6 Å². The summed E-state index contributed by atoms with van der Waals surface area (Å²) in [6, 6.07) is 10.8. The number of ketones is 1. The molecule has 3 rings (SSSR count). The van der Waals surface area contributed by atoms with Crippen molar-refractivity contribution >= 4 is 29.8 Å². The molecule has 1 saturated carbocycles. The molecule has 1 aliphatic carbocycles. The lowest BCUT2D eigenvalue weighted by Gasteiger charge is -2.27. The third-order valence-corrected chi connectivity index (χ3v) is 6.08. The summed E-state index contributed by atoms with van der Waals surface area (Å²) < 4.78 is 53.2. The molecule has 0 aliphatic heterocycles. The first-order valence-electron chi connectivity index (χ1n) is 12.9. The van der Waals surface area contributed by atoms with E-state index in [1.54, 1.807) is 40.6 Å². The van der Waals surface area contributed by atoms with Gasteiger partial charge in [0, 0.05) is 17.2 Å². The van der Waals surface area contributed by atoms with Crippen LogP contribution in [0.1, 0.15) is 24.0 Å². The van der Waals surface area contributed by atoms with Gasteiger partial charge in [-0.25, -0.2) is 4.79 Å². The lowest BCUT2D eigenvalue weighted by Crippen LogP contribution is -2.43. The highest BCUT2D eigenvalue weighted by Gasteiger charge is 2.38. The zero-order valence-electron chi connectivity index (χ0n) is 24.7. The summed E-state index contributed by atoms with van der Waals surface area (Å²) in [5.74, 6) is -0.533. The van der Waals surface area contributed by atoms with E-state index in [1.165, 1.54) is 0 Å². The highest BCUT2D eigenvalue weighted by molar-refractivity contribution is 6.14. The molecule has 0 heterocycles. The Hall–Kier alpha value is -4.52. The van der Waals surface area contributed by atoms with Gasteiger partial charge in [0.15, 0.2) is 28.8 Å². The van der Waals surface area contributed by atoms with Gasteiger partial charge in [0.2, 0.25) is 5.91 Å². The van der Waals surface area contributed by atoms with Gasteiger partial charge in [0.1, 0.15) is 0 Å². The Morgan fingerprint density at radius 1 is 0.860 bits per heavy atom. The molecule has 234 valence electrons. The second kappa shape index (κ2) is 15.6. The highest BCUT2D eigenvalue weighted by atomic mass is 19.4. The molecule has 0 spiro atoms. The second-order valence-electron chi connectivity index (χ2n) is 9.61. The van der Waals surface area contributed by atoms with E-state index in [0.717, 1.165) is 11.1 Å². The van der Waals surface area contributed by atoms with Gasteiger partial charge in [0.25, 0.3) is 0 Å². The molecule has 43 heavy (non-hydrogen) atoms. The number of halogens is 3. The number of ether oxygens (including phenoxy) is 4.